The van der Waals surface area contributed by atoms with Gasteiger partial charge in [-0.15, -0.1) is 0 Å². The van der Waals surface area contributed by atoms with Gasteiger partial charge < -0.3 is 9.47 Å². The van der Waals surface area contributed by atoms with Crippen molar-refractivity contribution < 1.29 is 28.7 Å². The molecular formula is C14H14O6. The van der Waals surface area contributed by atoms with Crippen LogP contribution in [0.15, 0.2) is 23.3 Å². The van der Waals surface area contributed by atoms with Crippen molar-refractivity contribution >= 4 is 23.9 Å². The summed E-state index contributed by atoms with van der Waals surface area (Å²) >= 11 is 0. The van der Waals surface area contributed by atoms with Gasteiger partial charge >= 0.3 is 23.9 Å². The summed E-state index contributed by atoms with van der Waals surface area (Å²) in [5, 5.41) is 0. The number of cyclic esters (lactones) is 4. The fourth-order valence-corrected chi connectivity index (χ4v) is 2.34. The predicted molar refractivity (Wildman–Crippen MR) is 65.9 cm³/mol. The molecule has 0 saturated carbocycles. The molecule has 1 aliphatic carbocycles. The summed E-state index contributed by atoms with van der Waals surface area (Å²) < 4.78 is 8.57. The molecule has 0 spiro atoms. The molecule has 6 nitrogen and oxygen atoms in total. The molecule has 106 valence electrons. The van der Waals surface area contributed by atoms with Crippen molar-refractivity contribution in [2.75, 3.05) is 0 Å². The van der Waals surface area contributed by atoms with Gasteiger partial charge in [-0.25, -0.2) is 9.59 Å². The second-order valence-corrected chi connectivity index (χ2v) is 5.00. The van der Waals surface area contributed by atoms with Gasteiger partial charge in [-0.05, 0) is 26.7 Å². The number of fused-ring (bicyclic) bond motifs is 1. The van der Waals surface area contributed by atoms with Crippen LogP contribution >= 0.6 is 0 Å². The largest absolute Gasteiger partial charge is 0.393 e. The zero-order valence-electron chi connectivity index (χ0n) is 11.2. The Morgan fingerprint density at radius 1 is 0.800 bits per heavy atom. The molecule has 3 rings (SSSR count). The Kier molecular flexibility index (Phi) is 3.83. The number of allylic oxidation sites excluding steroid dienone is 2. The minimum atomic E-state index is -0.579. The van der Waals surface area contributed by atoms with Crippen LogP contribution in [-0.2, 0) is 28.7 Å². The highest BCUT2D eigenvalue weighted by Gasteiger charge is 2.46. The summed E-state index contributed by atoms with van der Waals surface area (Å²) in [5.74, 6) is -2.22. The van der Waals surface area contributed by atoms with E-state index < -0.39 is 11.9 Å². The van der Waals surface area contributed by atoms with Crippen molar-refractivity contribution in [3.05, 3.63) is 23.3 Å². The van der Waals surface area contributed by atoms with Gasteiger partial charge in [0.2, 0.25) is 0 Å². The first-order valence-corrected chi connectivity index (χ1v) is 6.23. The van der Waals surface area contributed by atoms with Gasteiger partial charge in [-0.3, -0.25) is 9.59 Å². The number of hydrogen-bond donors (Lipinski definition) is 0. The van der Waals surface area contributed by atoms with Gasteiger partial charge in [0.25, 0.3) is 0 Å². The maximum Gasteiger partial charge on any atom is 0.338 e. The van der Waals surface area contributed by atoms with Gasteiger partial charge in [-0.2, -0.15) is 0 Å². The minimum Gasteiger partial charge on any atom is -0.393 e. The first-order valence-electron chi connectivity index (χ1n) is 6.23. The van der Waals surface area contributed by atoms with E-state index in [0.717, 1.165) is 12.2 Å². The summed E-state index contributed by atoms with van der Waals surface area (Å²) in [4.78, 5) is 42.3. The van der Waals surface area contributed by atoms with E-state index in [9.17, 15) is 19.2 Å². The molecule has 20 heavy (non-hydrogen) atoms. The smallest absolute Gasteiger partial charge is 0.338 e. The van der Waals surface area contributed by atoms with Crippen LogP contribution in [0.3, 0.4) is 0 Å². The summed E-state index contributed by atoms with van der Waals surface area (Å²) in [5.41, 5.74) is 2.46. The summed E-state index contributed by atoms with van der Waals surface area (Å²) in [6, 6.07) is 0. The Morgan fingerprint density at radius 2 is 1.20 bits per heavy atom. The molecule has 0 unspecified atom stereocenters. The Balaban J connectivity index is 0.000000178. The quantitative estimate of drug-likeness (QED) is 0.374. The Morgan fingerprint density at radius 3 is 1.50 bits per heavy atom. The number of ether oxygens (including phenoxy) is 2. The first-order chi connectivity index (χ1) is 9.38. The second kappa shape index (κ2) is 5.40. The van der Waals surface area contributed by atoms with Crippen molar-refractivity contribution in [1.29, 1.82) is 0 Å². The van der Waals surface area contributed by atoms with Crippen LogP contribution in [-0.4, -0.2) is 23.9 Å². The fraction of sp³-hybridized carbons (Fsp3) is 0.429. The number of carbonyl (C=O) groups excluding carboxylic acids is 4. The second-order valence-electron chi connectivity index (χ2n) is 5.00. The molecule has 0 radical (unpaired) electrons. The molecule has 2 atom stereocenters. The molecule has 0 N–H and O–H groups in total. The van der Waals surface area contributed by atoms with Gasteiger partial charge in [-0.1, -0.05) is 11.1 Å². The van der Waals surface area contributed by atoms with Gasteiger partial charge in [0.15, 0.2) is 0 Å². The van der Waals surface area contributed by atoms with E-state index in [4.69, 9.17) is 0 Å². The third kappa shape index (κ3) is 2.84. The zero-order chi connectivity index (χ0) is 14.9. The maximum atomic E-state index is 11.2. The zero-order valence-corrected chi connectivity index (χ0v) is 11.2. The summed E-state index contributed by atoms with van der Waals surface area (Å²) in [6.45, 7) is 4.03. The first kappa shape index (κ1) is 14.2. The lowest BCUT2D eigenvalue weighted by Crippen LogP contribution is -2.22. The van der Waals surface area contributed by atoms with E-state index in [2.05, 4.69) is 9.47 Å². The Labute approximate surface area is 115 Å². The van der Waals surface area contributed by atoms with Crippen LogP contribution < -0.4 is 0 Å². The molecule has 0 aromatic rings. The van der Waals surface area contributed by atoms with Crippen LogP contribution in [0.2, 0.25) is 0 Å². The van der Waals surface area contributed by atoms with Gasteiger partial charge in [0, 0.05) is 12.2 Å². The number of esters is 4. The average molecular weight is 278 g/mol. The molecule has 2 aliphatic heterocycles. The Hall–Kier alpha value is -2.24. The molecule has 1 fully saturated rings. The highest BCUT2D eigenvalue weighted by atomic mass is 16.6. The van der Waals surface area contributed by atoms with E-state index in [0.29, 0.717) is 12.8 Å². The molecular weight excluding hydrogens is 264 g/mol. The molecule has 2 heterocycles. The topological polar surface area (TPSA) is 86.7 Å². The highest BCUT2D eigenvalue weighted by molar-refractivity contribution is 6.04. The van der Waals surface area contributed by atoms with Crippen molar-refractivity contribution in [2.45, 2.75) is 26.7 Å². The minimum absolute atomic E-state index is 0.198. The van der Waals surface area contributed by atoms with E-state index in [1.807, 2.05) is 13.8 Å². The standard InChI is InChI=1S/C10H12O3.C4H2O3/c1-5-3-7-8(4-6(5)2)10(12)13-9(7)11;5-3-1-2-4(6)7-3/h7-8H,3-4H2,1-2H3;1-2H/t7-,8+;. The normalized spacial score (nSPS) is 27.9. The van der Waals surface area contributed by atoms with Crippen LogP contribution in [0.4, 0.5) is 0 Å². The number of rotatable bonds is 0. The summed E-state index contributed by atoms with van der Waals surface area (Å²) in [7, 11) is 0. The van der Waals surface area contributed by atoms with E-state index in [1.165, 1.54) is 11.1 Å². The average Bonchev–Trinajstić information content (AvgIpc) is 2.87. The number of carbonyl (C=O) groups is 4. The molecule has 0 aromatic carbocycles. The van der Waals surface area contributed by atoms with Crippen LogP contribution in [0, 0.1) is 11.8 Å². The van der Waals surface area contributed by atoms with Gasteiger partial charge in [0.1, 0.15) is 0 Å². The lowest BCUT2D eigenvalue weighted by atomic mass is 9.78. The lowest BCUT2D eigenvalue weighted by molar-refractivity contribution is -0.154. The SMILES string of the molecule is CC1=C(C)C[C@H]2C(=O)OC(=O)[C@H]2C1.O=C1C=CC(=O)O1. The van der Waals surface area contributed by atoms with Crippen molar-refractivity contribution in [3.63, 3.8) is 0 Å². The molecule has 0 aromatic heterocycles. The van der Waals surface area contributed by atoms with E-state index in [-0.39, 0.29) is 23.8 Å². The third-order valence-electron chi connectivity index (χ3n) is 3.63. The van der Waals surface area contributed by atoms with E-state index >= 15 is 0 Å². The van der Waals surface area contributed by atoms with Crippen molar-refractivity contribution in [3.8, 4) is 0 Å². The number of hydrogen-bond acceptors (Lipinski definition) is 6. The van der Waals surface area contributed by atoms with Crippen LogP contribution in [0.5, 0.6) is 0 Å². The monoisotopic (exact) mass is 278 g/mol. The van der Waals surface area contributed by atoms with Crippen molar-refractivity contribution in [1.82, 2.24) is 0 Å². The molecule has 3 aliphatic rings. The molecule has 6 heteroatoms. The molecule has 0 amide bonds. The molecule has 0 bridgehead atoms. The van der Waals surface area contributed by atoms with Crippen LogP contribution in [0.1, 0.15) is 26.7 Å². The predicted octanol–water partition coefficient (Wildman–Crippen LogP) is 1.06. The third-order valence-corrected chi connectivity index (χ3v) is 3.63. The van der Waals surface area contributed by atoms with Gasteiger partial charge in [0.05, 0.1) is 11.8 Å². The Bertz CT molecular complexity index is 508. The summed E-state index contributed by atoms with van der Waals surface area (Å²) in [6.07, 6.45) is 3.56. The van der Waals surface area contributed by atoms with E-state index in [1.54, 1.807) is 0 Å². The fourth-order valence-electron chi connectivity index (χ4n) is 2.34. The maximum absolute atomic E-state index is 11.2. The molecule has 1 saturated heterocycles. The highest BCUT2D eigenvalue weighted by Crippen LogP contribution is 2.39. The lowest BCUT2D eigenvalue weighted by Gasteiger charge is -2.21. The van der Waals surface area contributed by atoms with Crippen molar-refractivity contribution in [2.24, 2.45) is 11.8 Å². The van der Waals surface area contributed by atoms with Crippen LogP contribution in [0.25, 0.3) is 0 Å².